The third-order valence-corrected chi connectivity index (χ3v) is 15.3. The lowest BCUT2D eigenvalue weighted by Gasteiger charge is -2.42. The molecule has 1 nitrogen and oxygen atoms in total. The van der Waals surface area contributed by atoms with Crippen molar-refractivity contribution in [1.29, 1.82) is 0 Å². The van der Waals surface area contributed by atoms with Crippen molar-refractivity contribution >= 4 is 37.9 Å². The van der Waals surface area contributed by atoms with Gasteiger partial charge in [0, 0.05) is 36.6 Å². The molecule has 0 radical (unpaired) electrons. The molecule has 2 heteroatoms. The second kappa shape index (κ2) is 16.5. The Balaban J connectivity index is 1.000. The molecule has 0 aliphatic carbocycles. The van der Waals surface area contributed by atoms with E-state index in [0.717, 1.165) is 17.1 Å². The van der Waals surface area contributed by atoms with Crippen LogP contribution < -0.4 is 4.90 Å². The Kier molecular flexibility index (Phi) is 10.1. The van der Waals surface area contributed by atoms with Gasteiger partial charge in [0.1, 0.15) is 0 Å². The van der Waals surface area contributed by atoms with Crippen LogP contribution in [0, 0.1) is 0 Å². The topological polar surface area (TPSA) is 3.24 Å². The smallest absolute Gasteiger partial charge is 0.0462 e. The fourth-order valence-electron chi connectivity index (χ4n) is 8.60. The molecule has 0 aliphatic rings. The van der Waals surface area contributed by atoms with Crippen molar-refractivity contribution in [3.63, 3.8) is 0 Å². The van der Waals surface area contributed by atoms with Gasteiger partial charge in [-0.25, -0.2) is 0 Å². The van der Waals surface area contributed by atoms with Gasteiger partial charge in [-0.2, -0.15) is 0 Å². The summed E-state index contributed by atoms with van der Waals surface area (Å²) in [6.45, 7) is 0. The van der Waals surface area contributed by atoms with Crippen molar-refractivity contribution in [3.05, 3.63) is 261 Å². The van der Waals surface area contributed by atoms with Crippen molar-refractivity contribution in [2.45, 2.75) is 19.6 Å². The number of hydrogen-bond acceptors (Lipinski definition) is 1. The molecule has 0 N–H and O–H groups in total. The van der Waals surface area contributed by atoms with Crippen LogP contribution in [0.2, 0.25) is 0 Å². The van der Waals surface area contributed by atoms with Gasteiger partial charge in [0.15, 0.2) is 0 Å². The van der Waals surface area contributed by atoms with Crippen molar-refractivity contribution in [2.75, 3.05) is 4.90 Å². The summed E-state index contributed by atoms with van der Waals surface area (Å²) in [4.78, 5) is 7.62. The SMILES string of the molecule is c1ccc(-c2cccc3cccc(-c4ccc(N(c5ccccc5)c5ccc(-c6ccc(S(c7ccccc7)(c7ccccc7)c7ccccc7)cc6)cc5)cc4)c23)cc1. The Labute approximate surface area is 354 Å². The van der Waals surface area contributed by atoms with Gasteiger partial charge in [-0.15, -0.1) is 10.0 Å². The summed E-state index contributed by atoms with van der Waals surface area (Å²) in [5.41, 5.74) is 10.6. The molecule has 0 unspecified atom stereocenters. The largest absolute Gasteiger partial charge is 0.311 e. The van der Waals surface area contributed by atoms with Crippen LogP contribution in [0.3, 0.4) is 0 Å². The fraction of sp³-hybridized carbons (Fsp3) is 0. The van der Waals surface area contributed by atoms with Gasteiger partial charge in [0.25, 0.3) is 0 Å². The van der Waals surface area contributed by atoms with Crippen LogP contribution >= 0.6 is 10.0 Å². The second-order valence-corrected chi connectivity index (χ2v) is 18.0. The molecule has 0 atom stereocenters. The zero-order valence-corrected chi connectivity index (χ0v) is 34.0. The van der Waals surface area contributed by atoms with Gasteiger partial charge in [-0.05, 0) is 129 Å². The lowest BCUT2D eigenvalue weighted by Crippen LogP contribution is -2.09. The highest BCUT2D eigenvalue weighted by Crippen LogP contribution is 2.73. The van der Waals surface area contributed by atoms with Gasteiger partial charge in [0.05, 0.1) is 0 Å². The lowest BCUT2D eigenvalue weighted by atomic mass is 9.91. The number of para-hydroxylation sites is 1. The lowest BCUT2D eigenvalue weighted by molar-refractivity contribution is 1.24. The van der Waals surface area contributed by atoms with E-state index in [-0.39, 0.29) is 0 Å². The summed E-state index contributed by atoms with van der Waals surface area (Å²) in [6, 6.07) is 94.9. The normalized spacial score (nSPS) is 11.6. The molecule has 0 aliphatic heterocycles. The maximum Gasteiger partial charge on any atom is 0.0462 e. The van der Waals surface area contributed by atoms with E-state index in [9.17, 15) is 0 Å². The van der Waals surface area contributed by atoms with E-state index in [1.165, 1.54) is 63.7 Å². The number of rotatable bonds is 10. The first-order chi connectivity index (χ1) is 29.8. The molecule has 0 saturated carbocycles. The average Bonchev–Trinajstić information content (AvgIpc) is 3.34. The number of hydrogen-bond donors (Lipinski definition) is 0. The highest BCUT2D eigenvalue weighted by molar-refractivity contribution is 8.34. The molecule has 60 heavy (non-hydrogen) atoms. The minimum atomic E-state index is -1.74. The maximum atomic E-state index is 2.35. The molecule has 0 spiro atoms. The van der Waals surface area contributed by atoms with Crippen LogP contribution in [0.4, 0.5) is 17.1 Å². The van der Waals surface area contributed by atoms with Gasteiger partial charge in [-0.1, -0.05) is 176 Å². The molecule has 286 valence electrons. The molecular formula is C58H43NS. The summed E-state index contributed by atoms with van der Waals surface area (Å²) in [5, 5.41) is 2.51. The maximum absolute atomic E-state index is 2.35. The summed E-state index contributed by atoms with van der Waals surface area (Å²) in [7, 11) is -1.74. The first-order valence-corrected chi connectivity index (χ1v) is 22.1. The molecule has 0 heterocycles. The van der Waals surface area contributed by atoms with E-state index in [4.69, 9.17) is 0 Å². The zero-order valence-electron chi connectivity index (χ0n) is 33.2. The number of benzene rings is 10. The van der Waals surface area contributed by atoms with Crippen molar-refractivity contribution in [1.82, 2.24) is 0 Å². The van der Waals surface area contributed by atoms with E-state index >= 15 is 0 Å². The van der Waals surface area contributed by atoms with Crippen LogP contribution in [0.15, 0.2) is 280 Å². The number of nitrogens with zero attached hydrogens (tertiary/aromatic N) is 1. The summed E-state index contributed by atoms with van der Waals surface area (Å²) in [6.07, 6.45) is 0. The predicted octanol–water partition coefficient (Wildman–Crippen LogP) is 16.7. The highest BCUT2D eigenvalue weighted by Gasteiger charge is 2.33. The molecule has 0 amide bonds. The van der Waals surface area contributed by atoms with Crippen LogP contribution in [-0.4, -0.2) is 0 Å². The van der Waals surface area contributed by atoms with E-state index in [2.05, 4.69) is 266 Å². The van der Waals surface area contributed by atoms with Crippen LogP contribution in [0.1, 0.15) is 0 Å². The van der Waals surface area contributed by atoms with Gasteiger partial charge < -0.3 is 4.90 Å². The number of fused-ring (bicyclic) bond motifs is 1. The van der Waals surface area contributed by atoms with Crippen LogP contribution in [0.5, 0.6) is 0 Å². The van der Waals surface area contributed by atoms with Crippen LogP contribution in [-0.2, 0) is 0 Å². The first kappa shape index (κ1) is 36.9. The predicted molar refractivity (Wildman–Crippen MR) is 255 cm³/mol. The first-order valence-electron chi connectivity index (χ1n) is 20.5. The molecule has 0 bridgehead atoms. The van der Waals surface area contributed by atoms with Gasteiger partial charge in [0.2, 0.25) is 0 Å². The number of anilines is 3. The monoisotopic (exact) mass is 785 g/mol. The van der Waals surface area contributed by atoms with Gasteiger partial charge >= 0.3 is 0 Å². The summed E-state index contributed by atoms with van der Waals surface area (Å²) < 4.78 is 0. The van der Waals surface area contributed by atoms with Crippen molar-refractivity contribution < 1.29 is 0 Å². The Morgan fingerprint density at radius 3 is 1.02 bits per heavy atom. The summed E-state index contributed by atoms with van der Waals surface area (Å²) in [5.74, 6) is 0. The highest BCUT2D eigenvalue weighted by atomic mass is 32.3. The quantitative estimate of drug-likeness (QED) is 0.133. The Bertz CT molecular complexity index is 2870. The van der Waals surface area contributed by atoms with Gasteiger partial charge in [-0.3, -0.25) is 0 Å². The molecular weight excluding hydrogens is 743 g/mol. The van der Waals surface area contributed by atoms with E-state index in [0.29, 0.717) is 0 Å². The van der Waals surface area contributed by atoms with E-state index in [1.807, 2.05) is 0 Å². The molecule has 10 aromatic carbocycles. The Morgan fingerprint density at radius 1 is 0.233 bits per heavy atom. The molecule has 0 fully saturated rings. The molecule has 0 saturated heterocycles. The van der Waals surface area contributed by atoms with E-state index in [1.54, 1.807) is 0 Å². The minimum absolute atomic E-state index is 1.10. The Hall–Kier alpha value is -7.39. The van der Waals surface area contributed by atoms with Crippen molar-refractivity contribution in [3.8, 4) is 33.4 Å². The zero-order chi connectivity index (χ0) is 40.1. The molecule has 0 aromatic heterocycles. The fourth-order valence-corrected chi connectivity index (χ4v) is 12.5. The third kappa shape index (κ3) is 6.87. The average molecular weight is 786 g/mol. The van der Waals surface area contributed by atoms with Crippen LogP contribution in [0.25, 0.3) is 44.2 Å². The van der Waals surface area contributed by atoms with E-state index < -0.39 is 10.0 Å². The van der Waals surface area contributed by atoms with Crippen molar-refractivity contribution in [2.24, 2.45) is 0 Å². The third-order valence-electron chi connectivity index (χ3n) is 11.4. The minimum Gasteiger partial charge on any atom is -0.311 e. The molecule has 10 rings (SSSR count). The Morgan fingerprint density at radius 2 is 0.567 bits per heavy atom. The second-order valence-electron chi connectivity index (χ2n) is 14.9. The standard InChI is InChI=1S/C58H43NS/c1-6-18-46(19-7-1)56-30-16-20-48-21-17-31-57(58(48)56)47-34-40-51(41-35-47)59(49-22-8-2-9-23-49)50-38-32-44(33-39-50)45-36-42-55(43-37-45)60(52-24-10-3-11-25-52,53-26-12-4-13-27-53)54-28-14-5-15-29-54/h1-43H. The summed E-state index contributed by atoms with van der Waals surface area (Å²) >= 11 is 0. The molecule has 10 aromatic rings.